The Morgan fingerprint density at radius 2 is 1.95 bits per heavy atom. The van der Waals surface area contributed by atoms with Crippen molar-refractivity contribution in [1.29, 1.82) is 0 Å². The Bertz CT molecular complexity index is 552. The summed E-state index contributed by atoms with van der Waals surface area (Å²) in [5, 5.41) is 3.31. The molecule has 0 aliphatic rings. The third kappa shape index (κ3) is 3.58. The zero-order chi connectivity index (χ0) is 14.4. The first kappa shape index (κ1) is 14.5. The lowest BCUT2D eigenvalue weighted by molar-refractivity contribution is 0.463. The Labute approximate surface area is 121 Å². The molecular formula is C17H22N2O. The first-order valence-corrected chi connectivity index (χ1v) is 7.12. The molecule has 1 aromatic heterocycles. The van der Waals surface area contributed by atoms with Crippen LogP contribution in [-0.2, 0) is 6.54 Å². The smallest absolute Gasteiger partial charge is 0.135 e. The number of pyridine rings is 1. The summed E-state index contributed by atoms with van der Waals surface area (Å²) in [5.41, 5.74) is 2.30. The molecule has 0 aliphatic carbocycles. The molecule has 0 fully saturated rings. The van der Waals surface area contributed by atoms with Crippen LogP contribution in [0.5, 0.6) is 11.5 Å². The number of aromatic nitrogens is 1. The number of ether oxygens (including phenoxy) is 1. The highest BCUT2D eigenvalue weighted by molar-refractivity contribution is 5.41. The minimum Gasteiger partial charge on any atom is -0.457 e. The van der Waals surface area contributed by atoms with Crippen LogP contribution in [0.4, 0.5) is 0 Å². The van der Waals surface area contributed by atoms with Crippen LogP contribution in [0.15, 0.2) is 42.7 Å². The molecule has 1 N–H and O–H groups in total. The van der Waals surface area contributed by atoms with Crippen molar-refractivity contribution in [1.82, 2.24) is 10.3 Å². The van der Waals surface area contributed by atoms with Crippen LogP contribution in [0.2, 0.25) is 0 Å². The Morgan fingerprint density at radius 1 is 1.15 bits per heavy atom. The number of hydrogen-bond acceptors (Lipinski definition) is 3. The SMILES string of the molecule is CCNCc1cnccc1Oc1ccccc1C(C)C. The number of hydrogen-bond donors (Lipinski definition) is 1. The van der Waals surface area contributed by atoms with Crippen molar-refractivity contribution in [2.24, 2.45) is 0 Å². The van der Waals surface area contributed by atoms with Gasteiger partial charge in [-0.2, -0.15) is 0 Å². The molecular weight excluding hydrogens is 248 g/mol. The van der Waals surface area contributed by atoms with Crippen LogP contribution in [0.1, 0.15) is 37.8 Å². The van der Waals surface area contributed by atoms with E-state index in [1.165, 1.54) is 5.56 Å². The Hall–Kier alpha value is -1.87. The van der Waals surface area contributed by atoms with E-state index in [0.29, 0.717) is 5.92 Å². The van der Waals surface area contributed by atoms with E-state index >= 15 is 0 Å². The van der Waals surface area contributed by atoms with Crippen molar-refractivity contribution in [2.45, 2.75) is 33.2 Å². The van der Waals surface area contributed by atoms with Gasteiger partial charge in [-0.15, -0.1) is 0 Å². The fourth-order valence-corrected chi connectivity index (χ4v) is 2.08. The molecule has 3 nitrogen and oxygen atoms in total. The van der Waals surface area contributed by atoms with E-state index in [9.17, 15) is 0 Å². The van der Waals surface area contributed by atoms with Crippen LogP contribution in [-0.4, -0.2) is 11.5 Å². The molecule has 1 heterocycles. The van der Waals surface area contributed by atoms with Gasteiger partial charge in [0.05, 0.1) is 0 Å². The van der Waals surface area contributed by atoms with E-state index in [0.717, 1.165) is 30.2 Å². The molecule has 2 aromatic rings. The first-order chi connectivity index (χ1) is 9.72. The predicted molar refractivity (Wildman–Crippen MR) is 82.2 cm³/mol. The number of nitrogens with zero attached hydrogens (tertiary/aromatic N) is 1. The molecule has 1 aromatic carbocycles. The summed E-state index contributed by atoms with van der Waals surface area (Å²) in [6.07, 6.45) is 3.62. The van der Waals surface area contributed by atoms with Crippen molar-refractivity contribution < 1.29 is 4.74 Å². The van der Waals surface area contributed by atoms with E-state index in [1.807, 2.05) is 30.5 Å². The number of benzene rings is 1. The third-order valence-electron chi connectivity index (χ3n) is 3.19. The average molecular weight is 270 g/mol. The van der Waals surface area contributed by atoms with Gasteiger partial charge in [-0.3, -0.25) is 4.98 Å². The van der Waals surface area contributed by atoms with Gasteiger partial charge in [0.2, 0.25) is 0 Å². The lowest BCUT2D eigenvalue weighted by Crippen LogP contribution is -2.12. The standard InChI is InChI=1S/C17H22N2O/c1-4-18-11-14-12-19-10-9-16(14)20-17-8-6-5-7-15(17)13(2)3/h5-10,12-13,18H,4,11H2,1-3H3. The molecule has 0 saturated carbocycles. The van der Waals surface area contributed by atoms with Crippen molar-refractivity contribution in [3.05, 3.63) is 53.9 Å². The molecule has 0 spiro atoms. The second kappa shape index (κ2) is 7.06. The van der Waals surface area contributed by atoms with Gasteiger partial charge in [0.1, 0.15) is 11.5 Å². The van der Waals surface area contributed by atoms with Crippen LogP contribution in [0.25, 0.3) is 0 Å². The average Bonchev–Trinajstić information content (AvgIpc) is 2.47. The fraction of sp³-hybridized carbons (Fsp3) is 0.353. The van der Waals surface area contributed by atoms with Crippen molar-refractivity contribution in [3.8, 4) is 11.5 Å². The fourth-order valence-electron chi connectivity index (χ4n) is 2.08. The second-order valence-corrected chi connectivity index (χ2v) is 5.06. The van der Waals surface area contributed by atoms with E-state index in [4.69, 9.17) is 4.74 Å². The largest absolute Gasteiger partial charge is 0.457 e. The maximum atomic E-state index is 6.12. The molecule has 0 saturated heterocycles. The van der Waals surface area contributed by atoms with Gasteiger partial charge in [0, 0.05) is 24.5 Å². The zero-order valence-corrected chi connectivity index (χ0v) is 12.4. The Kier molecular flexibility index (Phi) is 5.13. The number of rotatable bonds is 6. The zero-order valence-electron chi connectivity index (χ0n) is 12.4. The molecule has 0 amide bonds. The molecule has 2 rings (SSSR count). The Balaban J connectivity index is 2.26. The van der Waals surface area contributed by atoms with E-state index in [-0.39, 0.29) is 0 Å². The van der Waals surface area contributed by atoms with Crippen LogP contribution < -0.4 is 10.1 Å². The van der Waals surface area contributed by atoms with Gasteiger partial charge >= 0.3 is 0 Å². The van der Waals surface area contributed by atoms with Gasteiger partial charge in [0.25, 0.3) is 0 Å². The highest BCUT2D eigenvalue weighted by atomic mass is 16.5. The molecule has 0 radical (unpaired) electrons. The summed E-state index contributed by atoms with van der Waals surface area (Å²) in [5.74, 6) is 2.23. The summed E-state index contributed by atoms with van der Waals surface area (Å²) < 4.78 is 6.12. The third-order valence-corrected chi connectivity index (χ3v) is 3.19. The molecule has 0 atom stereocenters. The second-order valence-electron chi connectivity index (χ2n) is 5.06. The van der Waals surface area contributed by atoms with E-state index in [2.05, 4.69) is 37.1 Å². The van der Waals surface area contributed by atoms with Crippen molar-refractivity contribution >= 4 is 0 Å². The summed E-state index contributed by atoms with van der Waals surface area (Å²) in [6, 6.07) is 10.1. The summed E-state index contributed by atoms with van der Waals surface area (Å²) in [4.78, 5) is 4.18. The van der Waals surface area contributed by atoms with Crippen LogP contribution in [0, 0.1) is 0 Å². The van der Waals surface area contributed by atoms with Crippen molar-refractivity contribution in [3.63, 3.8) is 0 Å². The van der Waals surface area contributed by atoms with E-state index < -0.39 is 0 Å². The maximum absolute atomic E-state index is 6.12. The first-order valence-electron chi connectivity index (χ1n) is 7.12. The normalized spacial score (nSPS) is 10.8. The topological polar surface area (TPSA) is 34.2 Å². The number of nitrogens with one attached hydrogen (secondary N) is 1. The maximum Gasteiger partial charge on any atom is 0.135 e. The monoisotopic (exact) mass is 270 g/mol. The molecule has 20 heavy (non-hydrogen) atoms. The molecule has 0 unspecified atom stereocenters. The van der Waals surface area contributed by atoms with Crippen molar-refractivity contribution in [2.75, 3.05) is 6.54 Å². The molecule has 106 valence electrons. The van der Waals surface area contributed by atoms with Gasteiger partial charge in [-0.25, -0.2) is 0 Å². The minimum atomic E-state index is 0.435. The van der Waals surface area contributed by atoms with Gasteiger partial charge in [0.15, 0.2) is 0 Å². The highest BCUT2D eigenvalue weighted by Gasteiger charge is 2.10. The lowest BCUT2D eigenvalue weighted by Gasteiger charge is -2.15. The summed E-state index contributed by atoms with van der Waals surface area (Å²) in [7, 11) is 0. The Morgan fingerprint density at radius 3 is 2.70 bits per heavy atom. The van der Waals surface area contributed by atoms with Gasteiger partial charge in [-0.1, -0.05) is 39.0 Å². The lowest BCUT2D eigenvalue weighted by atomic mass is 10.0. The predicted octanol–water partition coefficient (Wildman–Crippen LogP) is 4.11. The molecule has 0 bridgehead atoms. The van der Waals surface area contributed by atoms with Crippen LogP contribution >= 0.6 is 0 Å². The van der Waals surface area contributed by atoms with Crippen LogP contribution in [0.3, 0.4) is 0 Å². The quantitative estimate of drug-likeness (QED) is 0.857. The van der Waals surface area contributed by atoms with Gasteiger partial charge < -0.3 is 10.1 Å². The summed E-state index contributed by atoms with van der Waals surface area (Å²) in [6.45, 7) is 8.13. The highest BCUT2D eigenvalue weighted by Crippen LogP contribution is 2.31. The summed E-state index contributed by atoms with van der Waals surface area (Å²) >= 11 is 0. The molecule has 3 heteroatoms. The minimum absolute atomic E-state index is 0.435. The van der Waals surface area contributed by atoms with Gasteiger partial charge in [-0.05, 0) is 30.2 Å². The molecule has 0 aliphatic heterocycles. The van der Waals surface area contributed by atoms with E-state index in [1.54, 1.807) is 6.20 Å². The number of para-hydroxylation sites is 1.